The molecule has 0 spiro atoms. The maximum absolute atomic E-state index is 7.07. The molecule has 1 unspecified atom stereocenters. The van der Waals surface area contributed by atoms with Crippen LogP contribution in [-0.4, -0.2) is 39.6 Å². The lowest BCUT2D eigenvalue weighted by Crippen LogP contribution is -2.64. The highest BCUT2D eigenvalue weighted by atomic mass is 28.1. The van der Waals surface area contributed by atoms with E-state index in [0.717, 1.165) is 23.1 Å². The van der Waals surface area contributed by atoms with Crippen LogP contribution in [0.5, 0.6) is 0 Å². The largest absolute Gasteiger partial charge is 0.371 e. The minimum atomic E-state index is -0.459. The second kappa shape index (κ2) is 9.94. The van der Waals surface area contributed by atoms with Gasteiger partial charge in [0.15, 0.2) is 5.79 Å². The minimum Gasteiger partial charge on any atom is -0.371 e. The zero-order chi connectivity index (χ0) is 19.3. The molecule has 4 aliphatic carbocycles. The molecular formula is C24H44O3Si. The van der Waals surface area contributed by atoms with Crippen molar-refractivity contribution in [2.24, 2.45) is 0 Å². The molecule has 0 aliphatic heterocycles. The average Bonchev–Trinajstić information content (AvgIpc) is 2.73. The fraction of sp³-hybridized carbons (Fsp3) is 1.00. The standard InChI is InChI=1S/C24H44O3Si/c28-24(27-22-16-8-3-9-17-22)19-11-10-18-23(24,25-20-12-4-1-5-13-20)26-21-14-6-2-7-15-21/h20-22H,1-19H2,28H3. The average molecular weight is 409 g/mol. The second-order valence-electron chi connectivity index (χ2n) is 10.3. The summed E-state index contributed by atoms with van der Waals surface area (Å²) in [5.74, 6) is -0.459. The molecule has 0 saturated heterocycles. The van der Waals surface area contributed by atoms with E-state index in [4.69, 9.17) is 14.2 Å². The summed E-state index contributed by atoms with van der Waals surface area (Å²) in [6.45, 7) is 0. The summed E-state index contributed by atoms with van der Waals surface area (Å²) in [4.78, 5) is 0. The molecule has 0 heterocycles. The van der Waals surface area contributed by atoms with Crippen LogP contribution in [-0.2, 0) is 14.2 Å². The van der Waals surface area contributed by atoms with E-state index in [9.17, 15) is 0 Å². The molecule has 4 heteroatoms. The highest BCUT2D eigenvalue weighted by Gasteiger charge is 2.56. The Morgan fingerprint density at radius 2 is 0.857 bits per heavy atom. The first-order valence-corrected chi connectivity index (χ1v) is 13.7. The van der Waals surface area contributed by atoms with Gasteiger partial charge in [0, 0.05) is 6.42 Å². The van der Waals surface area contributed by atoms with Crippen molar-refractivity contribution in [3.05, 3.63) is 0 Å². The van der Waals surface area contributed by atoms with Gasteiger partial charge < -0.3 is 14.2 Å². The van der Waals surface area contributed by atoms with E-state index in [2.05, 4.69) is 0 Å². The minimum absolute atomic E-state index is 0.151. The first-order chi connectivity index (χ1) is 13.7. The lowest BCUT2D eigenvalue weighted by atomic mass is 9.87. The predicted molar refractivity (Wildman–Crippen MR) is 118 cm³/mol. The van der Waals surface area contributed by atoms with Gasteiger partial charge in [-0.15, -0.1) is 0 Å². The first kappa shape index (κ1) is 21.3. The normalized spacial score (nSPS) is 33.9. The number of rotatable bonds is 6. The van der Waals surface area contributed by atoms with Crippen LogP contribution in [0.3, 0.4) is 0 Å². The van der Waals surface area contributed by atoms with Crippen LogP contribution < -0.4 is 0 Å². The number of hydrogen-bond donors (Lipinski definition) is 0. The highest BCUT2D eigenvalue weighted by Crippen LogP contribution is 2.47. The van der Waals surface area contributed by atoms with Crippen LogP contribution in [0.4, 0.5) is 0 Å². The fourth-order valence-corrected chi connectivity index (χ4v) is 7.45. The Labute approximate surface area is 176 Å². The molecule has 4 aliphatic rings. The van der Waals surface area contributed by atoms with Crippen molar-refractivity contribution in [1.82, 2.24) is 0 Å². The third-order valence-corrected chi connectivity index (χ3v) is 9.51. The molecular weight excluding hydrogens is 364 g/mol. The predicted octanol–water partition coefficient (Wildman–Crippen LogP) is 5.37. The molecule has 1 atom stereocenters. The summed E-state index contributed by atoms with van der Waals surface area (Å²) in [5.41, 5.74) is 0. The topological polar surface area (TPSA) is 27.7 Å². The van der Waals surface area contributed by atoms with Crippen molar-refractivity contribution in [3.8, 4) is 0 Å². The maximum Gasteiger partial charge on any atom is 0.193 e. The van der Waals surface area contributed by atoms with Crippen LogP contribution in [0.2, 0.25) is 0 Å². The molecule has 0 N–H and O–H groups in total. The van der Waals surface area contributed by atoms with Gasteiger partial charge in [-0.3, -0.25) is 0 Å². The molecule has 4 rings (SSSR count). The molecule has 0 aromatic carbocycles. The van der Waals surface area contributed by atoms with E-state index in [1.54, 1.807) is 0 Å². The molecule has 0 aromatic heterocycles. The number of hydrogen-bond acceptors (Lipinski definition) is 3. The van der Waals surface area contributed by atoms with Gasteiger partial charge >= 0.3 is 0 Å². The maximum atomic E-state index is 7.07. The van der Waals surface area contributed by atoms with Crippen LogP contribution in [0.15, 0.2) is 0 Å². The van der Waals surface area contributed by atoms with E-state index in [-0.39, 0.29) is 5.22 Å². The molecule has 3 nitrogen and oxygen atoms in total. The van der Waals surface area contributed by atoms with Crippen LogP contribution in [0, 0.1) is 0 Å². The second-order valence-corrected chi connectivity index (χ2v) is 11.9. The molecule has 4 fully saturated rings. The monoisotopic (exact) mass is 408 g/mol. The van der Waals surface area contributed by atoms with E-state index in [1.807, 2.05) is 0 Å². The molecule has 0 aromatic rings. The van der Waals surface area contributed by atoms with Crippen molar-refractivity contribution in [2.75, 3.05) is 0 Å². The van der Waals surface area contributed by atoms with Gasteiger partial charge in [0.1, 0.15) is 5.22 Å². The van der Waals surface area contributed by atoms with E-state index >= 15 is 0 Å². The SMILES string of the molecule is [SiH3]C1(OC2CCCCC2)CCCCC1(OC1CCCCC1)OC1CCCCC1. The van der Waals surface area contributed by atoms with Gasteiger partial charge in [-0.05, 0) is 51.4 Å². The lowest BCUT2D eigenvalue weighted by Gasteiger charge is -2.54. The van der Waals surface area contributed by atoms with Crippen molar-refractivity contribution in [3.63, 3.8) is 0 Å². The summed E-state index contributed by atoms with van der Waals surface area (Å²) >= 11 is 0. The van der Waals surface area contributed by atoms with Crippen LogP contribution in [0.25, 0.3) is 0 Å². The van der Waals surface area contributed by atoms with Crippen LogP contribution in [0.1, 0.15) is 122 Å². The van der Waals surface area contributed by atoms with Crippen molar-refractivity contribution < 1.29 is 14.2 Å². The molecule has 0 bridgehead atoms. The fourth-order valence-electron chi connectivity index (χ4n) is 6.27. The van der Waals surface area contributed by atoms with Gasteiger partial charge in [-0.25, -0.2) is 0 Å². The Balaban J connectivity index is 1.55. The highest BCUT2D eigenvalue weighted by molar-refractivity contribution is 6.15. The molecule has 0 amide bonds. The quantitative estimate of drug-likeness (QED) is 0.437. The van der Waals surface area contributed by atoms with E-state index in [0.29, 0.717) is 18.3 Å². The molecule has 0 radical (unpaired) electrons. The number of ether oxygens (including phenoxy) is 3. The van der Waals surface area contributed by atoms with Crippen LogP contribution >= 0.6 is 0 Å². The Morgan fingerprint density at radius 1 is 0.464 bits per heavy atom. The summed E-state index contributed by atoms with van der Waals surface area (Å²) in [6, 6.07) is 0. The van der Waals surface area contributed by atoms with Gasteiger partial charge in [0.2, 0.25) is 0 Å². The smallest absolute Gasteiger partial charge is 0.193 e. The van der Waals surface area contributed by atoms with Crippen molar-refractivity contribution in [1.29, 1.82) is 0 Å². The van der Waals surface area contributed by atoms with Gasteiger partial charge in [-0.1, -0.05) is 64.2 Å². The summed E-state index contributed by atoms with van der Waals surface area (Å²) in [5, 5.41) is -0.151. The van der Waals surface area contributed by atoms with Crippen molar-refractivity contribution >= 4 is 10.2 Å². The lowest BCUT2D eigenvalue weighted by molar-refractivity contribution is -0.358. The Hall–Kier alpha value is 0.0969. The molecule has 162 valence electrons. The summed E-state index contributed by atoms with van der Waals surface area (Å²) in [6.07, 6.45) is 25.4. The summed E-state index contributed by atoms with van der Waals surface area (Å²) < 4.78 is 21.2. The van der Waals surface area contributed by atoms with Gasteiger partial charge in [-0.2, -0.15) is 0 Å². The third-order valence-electron chi connectivity index (χ3n) is 8.01. The summed E-state index contributed by atoms with van der Waals surface area (Å²) in [7, 11) is 1.01. The van der Waals surface area contributed by atoms with Gasteiger partial charge in [0.25, 0.3) is 0 Å². The van der Waals surface area contributed by atoms with Crippen molar-refractivity contribution in [2.45, 2.75) is 151 Å². The van der Waals surface area contributed by atoms with Gasteiger partial charge in [0.05, 0.1) is 28.6 Å². The molecule has 4 saturated carbocycles. The zero-order valence-electron chi connectivity index (χ0n) is 18.4. The Morgan fingerprint density at radius 3 is 1.32 bits per heavy atom. The molecule has 28 heavy (non-hydrogen) atoms. The Bertz CT molecular complexity index is 446. The third kappa shape index (κ3) is 5.04. The Kier molecular flexibility index (Phi) is 7.57. The zero-order valence-corrected chi connectivity index (χ0v) is 20.4. The van der Waals surface area contributed by atoms with E-state index in [1.165, 1.54) is 109 Å². The van der Waals surface area contributed by atoms with E-state index < -0.39 is 5.79 Å². The first-order valence-electron chi connectivity index (χ1n) is 12.7.